The van der Waals surface area contributed by atoms with Crippen molar-refractivity contribution >= 4 is 26.7 Å². The molecule has 0 aliphatic rings. The normalized spacial score (nSPS) is 12.0. The number of nitrogens with zero attached hydrogens (tertiary/aromatic N) is 2. The highest BCUT2D eigenvalue weighted by Gasteiger charge is 2.25. The van der Waals surface area contributed by atoms with E-state index < -0.39 is 5.41 Å². The average Bonchev–Trinajstić information content (AvgIpc) is 2.82. The fourth-order valence-corrected chi connectivity index (χ4v) is 2.74. The standard InChI is InChI=1S/C13H18N2O2S/c1-13(8-16,9-17)7-15(2)12-14-10-5-3-4-6-11(10)18-12/h3-6,16-17H,7-9H2,1-2H3. The molecule has 0 amide bonds. The summed E-state index contributed by atoms with van der Waals surface area (Å²) in [5.41, 5.74) is 0.478. The van der Waals surface area contributed by atoms with Gasteiger partial charge in [-0.2, -0.15) is 0 Å². The molecule has 2 rings (SSSR count). The quantitative estimate of drug-likeness (QED) is 0.865. The molecule has 98 valence electrons. The molecule has 0 spiro atoms. The molecule has 0 radical (unpaired) electrons. The predicted molar refractivity (Wildman–Crippen MR) is 75.2 cm³/mol. The van der Waals surface area contributed by atoms with Crippen molar-refractivity contribution in [2.24, 2.45) is 5.41 Å². The Morgan fingerprint density at radius 3 is 2.56 bits per heavy atom. The largest absolute Gasteiger partial charge is 0.396 e. The van der Waals surface area contributed by atoms with Crippen LogP contribution in [0.25, 0.3) is 10.2 Å². The van der Waals surface area contributed by atoms with E-state index in [1.807, 2.05) is 43.1 Å². The van der Waals surface area contributed by atoms with E-state index in [4.69, 9.17) is 0 Å². The summed E-state index contributed by atoms with van der Waals surface area (Å²) < 4.78 is 1.15. The number of aliphatic hydroxyl groups is 2. The van der Waals surface area contributed by atoms with E-state index in [0.29, 0.717) is 6.54 Å². The van der Waals surface area contributed by atoms with Crippen LogP contribution in [0.3, 0.4) is 0 Å². The topological polar surface area (TPSA) is 56.6 Å². The molecule has 0 atom stereocenters. The van der Waals surface area contributed by atoms with Crippen molar-refractivity contribution in [3.8, 4) is 0 Å². The highest BCUT2D eigenvalue weighted by Crippen LogP contribution is 2.29. The number of rotatable bonds is 5. The van der Waals surface area contributed by atoms with Gasteiger partial charge in [0.15, 0.2) is 5.13 Å². The van der Waals surface area contributed by atoms with Crippen LogP contribution in [0.4, 0.5) is 5.13 Å². The smallest absolute Gasteiger partial charge is 0.186 e. The van der Waals surface area contributed by atoms with E-state index in [2.05, 4.69) is 4.98 Å². The Morgan fingerprint density at radius 1 is 1.28 bits per heavy atom. The van der Waals surface area contributed by atoms with Crippen molar-refractivity contribution in [3.63, 3.8) is 0 Å². The molecule has 1 heterocycles. The second-order valence-corrected chi connectivity index (χ2v) is 5.96. The van der Waals surface area contributed by atoms with Crippen molar-refractivity contribution in [1.82, 2.24) is 4.98 Å². The Kier molecular flexibility index (Phi) is 3.85. The highest BCUT2D eigenvalue weighted by molar-refractivity contribution is 7.22. The molecular formula is C13H18N2O2S. The maximum absolute atomic E-state index is 9.32. The van der Waals surface area contributed by atoms with E-state index in [1.165, 1.54) is 0 Å². The van der Waals surface area contributed by atoms with Gasteiger partial charge in [-0.25, -0.2) is 4.98 Å². The van der Waals surface area contributed by atoms with Crippen molar-refractivity contribution < 1.29 is 10.2 Å². The van der Waals surface area contributed by atoms with Crippen LogP contribution in [0.15, 0.2) is 24.3 Å². The molecule has 0 aliphatic heterocycles. The fraction of sp³-hybridized carbons (Fsp3) is 0.462. The lowest BCUT2D eigenvalue weighted by atomic mass is 9.93. The first-order valence-electron chi connectivity index (χ1n) is 5.86. The summed E-state index contributed by atoms with van der Waals surface area (Å²) in [6, 6.07) is 8.00. The number of fused-ring (bicyclic) bond motifs is 1. The summed E-state index contributed by atoms with van der Waals surface area (Å²) in [6.07, 6.45) is 0. The molecule has 2 aromatic rings. The molecule has 1 aromatic carbocycles. The molecule has 0 fully saturated rings. The number of para-hydroxylation sites is 1. The third kappa shape index (κ3) is 2.63. The van der Waals surface area contributed by atoms with Crippen LogP contribution in [0.5, 0.6) is 0 Å². The van der Waals surface area contributed by atoms with Gasteiger partial charge in [-0.1, -0.05) is 30.4 Å². The first-order chi connectivity index (χ1) is 8.58. The van der Waals surface area contributed by atoms with Crippen molar-refractivity contribution in [1.29, 1.82) is 0 Å². The lowest BCUT2D eigenvalue weighted by Crippen LogP contribution is -2.39. The van der Waals surface area contributed by atoms with Gasteiger partial charge < -0.3 is 15.1 Å². The SMILES string of the molecule is CN(CC(C)(CO)CO)c1nc2ccccc2s1. The van der Waals surface area contributed by atoms with Gasteiger partial charge in [0.1, 0.15) is 0 Å². The molecule has 18 heavy (non-hydrogen) atoms. The molecule has 2 N–H and O–H groups in total. The minimum absolute atomic E-state index is 0.0429. The zero-order valence-electron chi connectivity index (χ0n) is 10.6. The van der Waals surface area contributed by atoms with Gasteiger partial charge in [0.25, 0.3) is 0 Å². The van der Waals surface area contributed by atoms with Crippen LogP contribution >= 0.6 is 11.3 Å². The molecule has 0 saturated heterocycles. The summed E-state index contributed by atoms with van der Waals surface area (Å²) >= 11 is 1.62. The first-order valence-corrected chi connectivity index (χ1v) is 6.68. The van der Waals surface area contributed by atoms with Crippen LogP contribution in [0, 0.1) is 5.41 Å². The maximum Gasteiger partial charge on any atom is 0.186 e. The zero-order chi connectivity index (χ0) is 13.2. The Labute approximate surface area is 111 Å². The van der Waals surface area contributed by atoms with Gasteiger partial charge in [0.05, 0.1) is 23.4 Å². The molecule has 0 aliphatic carbocycles. The third-order valence-corrected chi connectivity index (χ3v) is 4.14. The van der Waals surface area contributed by atoms with E-state index >= 15 is 0 Å². The number of benzene rings is 1. The van der Waals surface area contributed by atoms with Gasteiger partial charge >= 0.3 is 0 Å². The second-order valence-electron chi connectivity index (χ2n) is 4.95. The molecule has 1 aromatic heterocycles. The summed E-state index contributed by atoms with van der Waals surface area (Å²) in [5, 5.41) is 19.5. The Hall–Kier alpha value is -1.17. The van der Waals surface area contributed by atoms with Crippen LogP contribution in [0.1, 0.15) is 6.92 Å². The summed E-state index contributed by atoms with van der Waals surface area (Å²) in [7, 11) is 1.93. The van der Waals surface area contributed by atoms with Crippen LogP contribution in [-0.2, 0) is 0 Å². The van der Waals surface area contributed by atoms with E-state index in [0.717, 1.165) is 15.3 Å². The Balaban J connectivity index is 2.20. The van der Waals surface area contributed by atoms with Crippen molar-refractivity contribution in [3.05, 3.63) is 24.3 Å². The number of hydrogen-bond donors (Lipinski definition) is 2. The Bertz CT molecular complexity index is 489. The number of aliphatic hydroxyl groups excluding tert-OH is 2. The fourth-order valence-electron chi connectivity index (χ4n) is 1.81. The molecule has 5 heteroatoms. The Morgan fingerprint density at radius 2 is 1.94 bits per heavy atom. The van der Waals surface area contributed by atoms with Gasteiger partial charge in [-0.05, 0) is 12.1 Å². The minimum Gasteiger partial charge on any atom is -0.396 e. The highest BCUT2D eigenvalue weighted by atomic mass is 32.1. The molecule has 0 unspecified atom stereocenters. The molecular weight excluding hydrogens is 248 g/mol. The van der Waals surface area contributed by atoms with Gasteiger partial charge in [-0.3, -0.25) is 0 Å². The van der Waals surface area contributed by atoms with Gasteiger partial charge in [0, 0.05) is 19.0 Å². The van der Waals surface area contributed by atoms with Crippen LogP contribution in [0.2, 0.25) is 0 Å². The summed E-state index contributed by atoms with van der Waals surface area (Å²) in [6.45, 7) is 2.34. The van der Waals surface area contributed by atoms with Gasteiger partial charge in [-0.15, -0.1) is 0 Å². The first kappa shape index (κ1) is 13.3. The lowest BCUT2D eigenvalue weighted by Gasteiger charge is -2.30. The van der Waals surface area contributed by atoms with Gasteiger partial charge in [0.2, 0.25) is 0 Å². The van der Waals surface area contributed by atoms with Crippen LogP contribution in [-0.4, -0.2) is 42.0 Å². The lowest BCUT2D eigenvalue weighted by molar-refractivity contribution is 0.0763. The van der Waals surface area contributed by atoms with Crippen molar-refractivity contribution in [2.75, 3.05) is 31.7 Å². The van der Waals surface area contributed by atoms with E-state index in [9.17, 15) is 10.2 Å². The van der Waals surface area contributed by atoms with E-state index in [-0.39, 0.29) is 13.2 Å². The molecule has 4 nitrogen and oxygen atoms in total. The number of hydrogen-bond acceptors (Lipinski definition) is 5. The second kappa shape index (κ2) is 5.22. The van der Waals surface area contributed by atoms with Crippen molar-refractivity contribution in [2.45, 2.75) is 6.92 Å². The molecule has 0 bridgehead atoms. The summed E-state index contributed by atoms with van der Waals surface area (Å²) in [5.74, 6) is 0. The van der Waals surface area contributed by atoms with E-state index in [1.54, 1.807) is 11.3 Å². The maximum atomic E-state index is 9.32. The summed E-state index contributed by atoms with van der Waals surface area (Å²) in [4.78, 5) is 6.53. The zero-order valence-corrected chi connectivity index (χ0v) is 11.4. The number of anilines is 1. The van der Waals surface area contributed by atoms with Crippen LogP contribution < -0.4 is 4.90 Å². The minimum atomic E-state index is -0.507. The number of thiazole rings is 1. The number of aromatic nitrogens is 1. The average molecular weight is 266 g/mol. The monoisotopic (exact) mass is 266 g/mol. The molecule has 0 saturated carbocycles. The predicted octanol–water partition coefficient (Wildman–Crippen LogP) is 1.72. The third-order valence-electron chi connectivity index (χ3n) is 2.99.